The van der Waals surface area contributed by atoms with Gasteiger partial charge in [-0.3, -0.25) is 14.4 Å². The fourth-order valence-corrected chi connectivity index (χ4v) is 3.19. The van der Waals surface area contributed by atoms with Crippen molar-refractivity contribution in [2.24, 2.45) is 0 Å². The van der Waals surface area contributed by atoms with Gasteiger partial charge in [-0.2, -0.15) is 0 Å². The Morgan fingerprint density at radius 1 is 0.875 bits per heavy atom. The first kappa shape index (κ1) is 22.7. The summed E-state index contributed by atoms with van der Waals surface area (Å²) in [6, 6.07) is 21.4. The van der Waals surface area contributed by atoms with Crippen LogP contribution in [0.25, 0.3) is 11.1 Å². The number of hydrogen-bond acceptors (Lipinski definition) is 3. The van der Waals surface area contributed by atoms with Gasteiger partial charge in [0.25, 0.3) is 5.91 Å². The molecule has 0 aliphatic rings. The zero-order chi connectivity index (χ0) is 22.9. The van der Waals surface area contributed by atoms with Crippen molar-refractivity contribution in [1.82, 2.24) is 10.6 Å². The second kappa shape index (κ2) is 10.9. The number of carboxylic acid groups (broad SMARTS) is 1. The Morgan fingerprint density at radius 2 is 1.53 bits per heavy atom. The molecule has 0 fully saturated rings. The fourth-order valence-electron chi connectivity index (χ4n) is 3.19. The molecule has 3 N–H and O–H groups in total. The number of rotatable bonds is 9. The standard InChI is InChI=1S/C25H23FN2O4/c26-21-15-19(18-9-5-2-6-10-18)11-12-20(21)24(31)28-22(13-14-23(29)30)25(32)27-16-17-7-3-1-4-8-17/h1-12,15,22H,13-14,16H2,(H,27,32)(H,28,31)(H,29,30)/t22-/m0/s1. The first-order valence-electron chi connectivity index (χ1n) is 10.1. The monoisotopic (exact) mass is 434 g/mol. The number of aliphatic carboxylic acids is 1. The summed E-state index contributed by atoms with van der Waals surface area (Å²) < 4.78 is 14.7. The highest BCUT2D eigenvalue weighted by atomic mass is 19.1. The minimum Gasteiger partial charge on any atom is -0.481 e. The minimum absolute atomic E-state index is 0.120. The van der Waals surface area contributed by atoms with E-state index in [2.05, 4.69) is 10.6 Å². The summed E-state index contributed by atoms with van der Waals surface area (Å²) >= 11 is 0. The van der Waals surface area contributed by atoms with Crippen molar-refractivity contribution in [3.8, 4) is 11.1 Å². The van der Waals surface area contributed by atoms with E-state index in [1.54, 1.807) is 6.07 Å². The highest BCUT2D eigenvalue weighted by Crippen LogP contribution is 2.22. The molecule has 7 heteroatoms. The lowest BCUT2D eigenvalue weighted by molar-refractivity contribution is -0.137. The van der Waals surface area contributed by atoms with Crippen LogP contribution in [0.3, 0.4) is 0 Å². The van der Waals surface area contributed by atoms with Crippen LogP contribution in [0.5, 0.6) is 0 Å². The average Bonchev–Trinajstić information content (AvgIpc) is 2.81. The van der Waals surface area contributed by atoms with E-state index in [1.807, 2.05) is 60.7 Å². The van der Waals surface area contributed by atoms with Crippen LogP contribution >= 0.6 is 0 Å². The maximum Gasteiger partial charge on any atom is 0.303 e. The minimum atomic E-state index is -1.12. The van der Waals surface area contributed by atoms with E-state index in [0.29, 0.717) is 5.56 Å². The van der Waals surface area contributed by atoms with E-state index in [0.717, 1.165) is 11.1 Å². The van der Waals surface area contributed by atoms with Crippen LogP contribution in [0, 0.1) is 5.82 Å². The Balaban J connectivity index is 1.71. The lowest BCUT2D eigenvalue weighted by Crippen LogP contribution is -2.47. The van der Waals surface area contributed by atoms with Gasteiger partial charge in [-0.15, -0.1) is 0 Å². The van der Waals surface area contributed by atoms with Crippen molar-refractivity contribution >= 4 is 17.8 Å². The highest BCUT2D eigenvalue weighted by molar-refractivity contribution is 5.98. The first-order valence-corrected chi connectivity index (χ1v) is 10.1. The molecule has 0 bridgehead atoms. The molecule has 0 aromatic heterocycles. The molecular formula is C25H23FN2O4. The number of benzene rings is 3. The highest BCUT2D eigenvalue weighted by Gasteiger charge is 2.23. The summed E-state index contributed by atoms with van der Waals surface area (Å²) in [5.41, 5.74) is 2.05. The summed E-state index contributed by atoms with van der Waals surface area (Å²) in [5.74, 6) is -3.15. The molecule has 3 aromatic carbocycles. The Hall–Kier alpha value is -4.00. The lowest BCUT2D eigenvalue weighted by Gasteiger charge is -2.18. The largest absolute Gasteiger partial charge is 0.481 e. The Kier molecular flexibility index (Phi) is 7.70. The molecule has 32 heavy (non-hydrogen) atoms. The van der Waals surface area contributed by atoms with Gasteiger partial charge in [0.15, 0.2) is 0 Å². The van der Waals surface area contributed by atoms with Crippen LogP contribution < -0.4 is 10.6 Å². The van der Waals surface area contributed by atoms with E-state index in [1.165, 1.54) is 12.1 Å². The second-order valence-electron chi connectivity index (χ2n) is 7.22. The van der Waals surface area contributed by atoms with Crippen LogP contribution in [-0.4, -0.2) is 28.9 Å². The predicted molar refractivity (Wildman–Crippen MR) is 118 cm³/mol. The van der Waals surface area contributed by atoms with Crippen molar-refractivity contribution in [3.05, 3.63) is 95.8 Å². The van der Waals surface area contributed by atoms with Crippen molar-refractivity contribution in [2.75, 3.05) is 0 Å². The number of carboxylic acids is 1. The van der Waals surface area contributed by atoms with E-state index in [-0.39, 0.29) is 24.9 Å². The molecule has 0 spiro atoms. The Morgan fingerprint density at radius 3 is 2.16 bits per heavy atom. The summed E-state index contributed by atoms with van der Waals surface area (Å²) in [6.45, 7) is 0.221. The summed E-state index contributed by atoms with van der Waals surface area (Å²) in [7, 11) is 0. The van der Waals surface area contributed by atoms with E-state index >= 15 is 0 Å². The topological polar surface area (TPSA) is 95.5 Å². The molecule has 3 aromatic rings. The fraction of sp³-hybridized carbons (Fsp3) is 0.160. The van der Waals surface area contributed by atoms with Gasteiger partial charge in [-0.05, 0) is 35.2 Å². The molecule has 0 unspecified atom stereocenters. The maximum absolute atomic E-state index is 14.7. The van der Waals surface area contributed by atoms with Gasteiger partial charge >= 0.3 is 5.97 Å². The van der Waals surface area contributed by atoms with E-state index in [4.69, 9.17) is 5.11 Å². The molecule has 0 heterocycles. The number of carbonyl (C=O) groups excluding carboxylic acids is 2. The molecule has 6 nitrogen and oxygen atoms in total. The van der Waals surface area contributed by atoms with Crippen molar-refractivity contribution in [2.45, 2.75) is 25.4 Å². The van der Waals surface area contributed by atoms with E-state index in [9.17, 15) is 18.8 Å². The van der Waals surface area contributed by atoms with Gasteiger partial charge in [-0.1, -0.05) is 66.7 Å². The summed E-state index contributed by atoms with van der Waals surface area (Å²) in [6.07, 6.45) is -0.440. The van der Waals surface area contributed by atoms with Crippen LogP contribution in [0.1, 0.15) is 28.8 Å². The van der Waals surface area contributed by atoms with Crippen LogP contribution in [0.15, 0.2) is 78.9 Å². The molecular weight excluding hydrogens is 411 g/mol. The summed E-state index contributed by atoms with van der Waals surface area (Å²) in [5, 5.41) is 14.1. The zero-order valence-electron chi connectivity index (χ0n) is 17.3. The number of halogens is 1. The normalized spacial score (nSPS) is 11.4. The molecule has 164 valence electrons. The Labute approximate surface area is 185 Å². The summed E-state index contributed by atoms with van der Waals surface area (Å²) in [4.78, 5) is 36.3. The van der Waals surface area contributed by atoms with Crippen LogP contribution in [-0.2, 0) is 16.1 Å². The lowest BCUT2D eigenvalue weighted by atomic mass is 10.0. The molecule has 2 amide bonds. The maximum atomic E-state index is 14.7. The third kappa shape index (κ3) is 6.25. The first-order chi connectivity index (χ1) is 15.4. The molecule has 0 saturated carbocycles. The number of carbonyl (C=O) groups is 3. The SMILES string of the molecule is O=C(O)CC[C@H](NC(=O)c1ccc(-c2ccccc2)cc1F)C(=O)NCc1ccccc1. The smallest absolute Gasteiger partial charge is 0.303 e. The second-order valence-corrected chi connectivity index (χ2v) is 7.22. The van der Waals surface area contributed by atoms with Crippen molar-refractivity contribution in [3.63, 3.8) is 0 Å². The van der Waals surface area contributed by atoms with Gasteiger partial charge in [0.2, 0.25) is 5.91 Å². The average molecular weight is 434 g/mol. The van der Waals surface area contributed by atoms with Gasteiger partial charge in [0.05, 0.1) is 5.56 Å². The molecule has 0 aliphatic carbocycles. The zero-order valence-corrected chi connectivity index (χ0v) is 17.3. The molecule has 3 rings (SSSR count). The number of nitrogens with one attached hydrogen (secondary N) is 2. The Bertz CT molecular complexity index is 1090. The molecule has 0 aliphatic heterocycles. The van der Waals surface area contributed by atoms with Gasteiger partial charge in [-0.25, -0.2) is 4.39 Å². The third-order valence-electron chi connectivity index (χ3n) is 4.90. The van der Waals surface area contributed by atoms with Gasteiger partial charge in [0.1, 0.15) is 11.9 Å². The van der Waals surface area contributed by atoms with Crippen molar-refractivity contribution in [1.29, 1.82) is 0 Å². The van der Waals surface area contributed by atoms with Crippen LogP contribution in [0.2, 0.25) is 0 Å². The quantitative estimate of drug-likeness (QED) is 0.478. The number of hydrogen-bond donors (Lipinski definition) is 3. The van der Waals surface area contributed by atoms with Gasteiger partial charge in [0, 0.05) is 13.0 Å². The predicted octanol–water partition coefficient (Wildman–Crippen LogP) is 3.77. The van der Waals surface area contributed by atoms with Crippen molar-refractivity contribution < 1.29 is 23.9 Å². The number of amides is 2. The third-order valence-corrected chi connectivity index (χ3v) is 4.90. The molecule has 0 radical (unpaired) electrons. The van der Waals surface area contributed by atoms with Crippen LogP contribution in [0.4, 0.5) is 4.39 Å². The molecule has 1 atom stereocenters. The van der Waals surface area contributed by atoms with Gasteiger partial charge < -0.3 is 15.7 Å². The molecule has 0 saturated heterocycles. The van der Waals surface area contributed by atoms with E-state index < -0.39 is 29.6 Å².